The van der Waals surface area contributed by atoms with Gasteiger partial charge in [-0.3, -0.25) is 9.09 Å². The van der Waals surface area contributed by atoms with Gasteiger partial charge < -0.3 is 77.2 Å². The molecule has 19 nitrogen and oxygen atoms in total. The molecule has 44 heavy (non-hydrogen) atoms. The second-order valence-corrected chi connectivity index (χ2v) is 13.1. The predicted octanol–water partition coefficient (Wildman–Crippen LogP) is -2.72. The van der Waals surface area contributed by atoms with Gasteiger partial charge in [-0.15, -0.1) is 0 Å². The van der Waals surface area contributed by atoms with Gasteiger partial charge in [-0.1, -0.05) is 30.3 Å². The van der Waals surface area contributed by atoms with Crippen molar-refractivity contribution in [2.24, 2.45) is 0 Å². The molecule has 0 saturated carbocycles. The van der Waals surface area contributed by atoms with E-state index in [1.165, 1.54) is 7.11 Å². The fourth-order valence-electron chi connectivity index (χ4n) is 5.15. The molecule has 0 aliphatic carbocycles. The Bertz CT molecular complexity index is 1440. The molecule has 6 N–H and O–H groups in total. The van der Waals surface area contributed by atoms with Gasteiger partial charge in [-0.25, -0.2) is 4.57 Å². The highest BCUT2D eigenvalue weighted by Crippen LogP contribution is 2.51. The summed E-state index contributed by atoms with van der Waals surface area (Å²) < 4.78 is 71.0. The molecule has 2 aromatic carbocycles. The Balaban J connectivity index is 1.76. The van der Waals surface area contributed by atoms with Gasteiger partial charge in [0.2, 0.25) is 0 Å². The van der Waals surface area contributed by atoms with Crippen LogP contribution in [-0.4, -0.2) is 99.3 Å². The van der Waals surface area contributed by atoms with Crippen molar-refractivity contribution in [3.8, 4) is 5.75 Å². The molecule has 10 atom stereocenters. The van der Waals surface area contributed by atoms with Crippen molar-refractivity contribution in [1.29, 1.82) is 0 Å². The number of hydrogen-bond donors (Lipinski definition) is 6. The topological polar surface area (TPSA) is 306 Å². The molecule has 0 spiro atoms. The average molecular weight is 689 g/mol. The van der Waals surface area contributed by atoms with Crippen molar-refractivity contribution < 1.29 is 90.9 Å². The van der Waals surface area contributed by atoms with Crippen molar-refractivity contribution in [1.82, 2.24) is 0 Å². The molecule has 2 aliphatic rings. The predicted molar refractivity (Wildman–Crippen MR) is 136 cm³/mol. The number of aliphatic hydroxyl groups is 3. The van der Waals surface area contributed by atoms with Gasteiger partial charge in [0.25, 0.3) is 7.82 Å². The summed E-state index contributed by atoms with van der Waals surface area (Å²) in [4.78, 5) is 62.9. The average Bonchev–Trinajstić information content (AvgIpc) is 3.24. The molecule has 1 unspecified atom stereocenters. The summed E-state index contributed by atoms with van der Waals surface area (Å²) in [7, 11) is -15.8. The van der Waals surface area contributed by atoms with Gasteiger partial charge in [0.15, 0.2) is 6.29 Å². The Morgan fingerprint density at radius 1 is 0.818 bits per heavy atom. The lowest BCUT2D eigenvalue weighted by Crippen LogP contribution is -2.62. The van der Waals surface area contributed by atoms with Crippen LogP contribution >= 0.6 is 23.5 Å². The van der Waals surface area contributed by atoms with E-state index in [1.54, 1.807) is 36.4 Å². The van der Waals surface area contributed by atoms with Gasteiger partial charge in [0, 0.05) is 5.56 Å². The number of aliphatic hydroxyl groups excluding tert-OH is 3. The fraction of sp³-hybridized carbons (Fsp3) is 0.545. The SMILES string of the molecule is COc1ccc2ccccc2c1[C@@H]1O[C@H](CO)[C@@H](O[C@H]2O[C@H](CO)[C@@H](OP(=O)([O-])[O-])[C@H](OP(=O)([O-])O)[C@H]2O)[C@H]1OP(=O)(O)O. The Kier molecular flexibility index (Phi) is 11.1. The fourth-order valence-corrected chi connectivity index (χ4v) is 6.80. The summed E-state index contributed by atoms with van der Waals surface area (Å²) in [5.74, 6) is 0.182. The van der Waals surface area contributed by atoms with Gasteiger partial charge in [0.05, 0.1) is 28.1 Å². The number of fused-ring (bicyclic) bond motifs is 1. The Morgan fingerprint density at radius 3 is 2.02 bits per heavy atom. The highest BCUT2D eigenvalue weighted by atomic mass is 31.2. The molecule has 2 fully saturated rings. The first-order valence-corrected chi connectivity index (χ1v) is 17.0. The number of hydrogen-bond acceptors (Lipinski definition) is 16. The van der Waals surface area contributed by atoms with Gasteiger partial charge >= 0.3 is 7.82 Å². The van der Waals surface area contributed by atoms with Crippen molar-refractivity contribution >= 4 is 34.2 Å². The number of phosphoric ester groups is 3. The first-order valence-electron chi connectivity index (χ1n) is 12.5. The minimum absolute atomic E-state index is 0.182. The molecule has 2 heterocycles. The lowest BCUT2D eigenvalue weighted by atomic mass is 9.94. The number of phosphoric acid groups is 3. The van der Waals surface area contributed by atoms with Crippen LogP contribution in [-0.2, 0) is 41.5 Å². The molecule has 0 amide bonds. The van der Waals surface area contributed by atoms with E-state index in [4.69, 9.17) is 23.5 Å². The normalized spacial score (nSPS) is 32.9. The van der Waals surface area contributed by atoms with E-state index in [9.17, 15) is 58.4 Å². The summed E-state index contributed by atoms with van der Waals surface area (Å²) in [5.41, 5.74) is 0.218. The molecule has 22 heteroatoms. The number of rotatable bonds is 12. The molecule has 4 rings (SSSR count). The van der Waals surface area contributed by atoms with Crippen molar-refractivity contribution in [2.45, 2.75) is 55.1 Å². The molecule has 0 bridgehead atoms. The standard InChI is InChI=1S/C22H31O19P3/c1-35-12-7-6-10-4-2-3-5-11(10)15(12)19-21(41-44(32,33)34)17(13(8-23)36-19)38-22-16(25)20(40-43(29,30)31)18(14(9-24)37-22)39-42(26,27)28/h2-7,13-14,16-25H,8-9H2,1H3,(H2,26,27,28)(H2,29,30,31)(H2,32,33,34)/p-3/t13-,14-,16-,17-,18-,19+,20-,21-,22-/m1/s1. The van der Waals surface area contributed by atoms with Gasteiger partial charge in [0.1, 0.15) is 54.6 Å². The lowest BCUT2D eigenvalue weighted by Gasteiger charge is -2.47. The molecule has 0 radical (unpaired) electrons. The van der Waals surface area contributed by atoms with Crippen LogP contribution in [0.4, 0.5) is 0 Å². The second-order valence-electron chi connectivity index (χ2n) is 9.61. The van der Waals surface area contributed by atoms with Crippen LogP contribution in [0.3, 0.4) is 0 Å². The van der Waals surface area contributed by atoms with Gasteiger partial charge in [-0.2, -0.15) is 0 Å². The van der Waals surface area contributed by atoms with Crippen LogP contribution in [0.1, 0.15) is 11.7 Å². The zero-order valence-electron chi connectivity index (χ0n) is 22.4. The molecule has 2 aliphatic heterocycles. The number of ether oxygens (including phenoxy) is 4. The summed E-state index contributed by atoms with van der Waals surface area (Å²) >= 11 is 0. The Hall–Kier alpha value is -1.41. The van der Waals surface area contributed by atoms with E-state index in [0.717, 1.165) is 0 Å². The first kappa shape index (κ1) is 35.4. The summed E-state index contributed by atoms with van der Waals surface area (Å²) in [6.07, 6.45) is -17.8. The largest absolute Gasteiger partial charge is 0.790 e. The third kappa shape index (κ3) is 8.29. The van der Waals surface area contributed by atoms with Crippen LogP contribution in [0.25, 0.3) is 10.8 Å². The molecule has 2 aromatic rings. The lowest BCUT2D eigenvalue weighted by molar-refractivity contribution is -0.364. The van der Waals surface area contributed by atoms with E-state index in [-0.39, 0.29) is 11.3 Å². The molecule has 248 valence electrons. The number of methoxy groups -OCH3 is 1. The van der Waals surface area contributed by atoms with Crippen LogP contribution in [0.15, 0.2) is 36.4 Å². The zero-order valence-corrected chi connectivity index (χ0v) is 25.1. The van der Waals surface area contributed by atoms with Gasteiger partial charge in [-0.05, 0) is 16.8 Å². The molecule has 2 saturated heterocycles. The zero-order chi connectivity index (χ0) is 32.6. The third-order valence-electron chi connectivity index (χ3n) is 6.78. The maximum absolute atomic E-state index is 12.1. The van der Waals surface area contributed by atoms with E-state index in [1.807, 2.05) is 0 Å². The van der Waals surface area contributed by atoms with Crippen LogP contribution < -0.4 is 19.4 Å². The summed E-state index contributed by atoms with van der Waals surface area (Å²) in [6.45, 7) is -2.07. The number of benzene rings is 2. The first-order chi connectivity index (χ1) is 20.5. The quantitative estimate of drug-likeness (QED) is 0.123. The van der Waals surface area contributed by atoms with Crippen LogP contribution in [0, 0.1) is 0 Å². The third-order valence-corrected chi connectivity index (χ3v) is 8.31. The second kappa shape index (κ2) is 13.8. The van der Waals surface area contributed by atoms with E-state index in [0.29, 0.717) is 10.8 Å². The minimum Gasteiger partial charge on any atom is -0.790 e. The Labute approximate surface area is 248 Å². The van der Waals surface area contributed by atoms with Crippen molar-refractivity contribution in [2.75, 3.05) is 20.3 Å². The summed E-state index contributed by atoms with van der Waals surface area (Å²) in [6, 6.07) is 10.00. The van der Waals surface area contributed by atoms with E-state index < -0.39 is 91.8 Å². The summed E-state index contributed by atoms with van der Waals surface area (Å²) in [5, 5.41) is 32.0. The van der Waals surface area contributed by atoms with Crippen LogP contribution in [0.5, 0.6) is 5.75 Å². The van der Waals surface area contributed by atoms with Crippen molar-refractivity contribution in [3.05, 3.63) is 42.0 Å². The van der Waals surface area contributed by atoms with Crippen LogP contribution in [0.2, 0.25) is 0 Å². The highest BCUT2D eigenvalue weighted by molar-refractivity contribution is 7.46. The molecular formula is C22H28O19P3-3. The maximum atomic E-state index is 12.1. The van der Waals surface area contributed by atoms with E-state index >= 15 is 0 Å². The minimum atomic E-state index is -5.95. The molecular weight excluding hydrogens is 661 g/mol. The highest BCUT2D eigenvalue weighted by Gasteiger charge is 2.55. The monoisotopic (exact) mass is 689 g/mol. The molecule has 0 aromatic heterocycles. The van der Waals surface area contributed by atoms with E-state index in [2.05, 4.69) is 9.05 Å². The smallest absolute Gasteiger partial charge is 0.470 e. The maximum Gasteiger partial charge on any atom is 0.470 e. The Morgan fingerprint density at radius 2 is 1.45 bits per heavy atom. The van der Waals surface area contributed by atoms with Crippen molar-refractivity contribution in [3.63, 3.8) is 0 Å².